The first-order valence-corrected chi connectivity index (χ1v) is 9.12. The molecule has 0 bridgehead atoms. The Bertz CT molecular complexity index is 700. The lowest BCUT2D eigenvalue weighted by Crippen LogP contribution is -2.42. The first-order valence-electron chi connectivity index (χ1n) is 9.12. The lowest BCUT2D eigenvalue weighted by atomic mass is 10.1. The molecule has 1 fully saturated rings. The van der Waals surface area contributed by atoms with Crippen molar-refractivity contribution in [2.45, 2.75) is 45.3 Å². The number of aromatic nitrogens is 2. The van der Waals surface area contributed by atoms with Crippen LogP contribution >= 0.6 is 0 Å². The van der Waals surface area contributed by atoms with Crippen molar-refractivity contribution in [2.24, 2.45) is 0 Å². The van der Waals surface area contributed by atoms with E-state index in [1.807, 2.05) is 57.3 Å². The number of nitrogens with zero attached hydrogens (tertiary/aromatic N) is 2. The Morgan fingerprint density at radius 1 is 1.26 bits per heavy atom. The van der Waals surface area contributed by atoms with E-state index in [2.05, 4.69) is 20.5 Å². The van der Waals surface area contributed by atoms with Crippen LogP contribution in [0.15, 0.2) is 42.7 Å². The number of carbonyl (C=O) groups excluding carboxylic acids is 2. The quantitative estimate of drug-likeness (QED) is 0.805. The van der Waals surface area contributed by atoms with Crippen LogP contribution in [-0.2, 0) is 9.53 Å². The molecule has 1 saturated heterocycles. The molecule has 3 rings (SSSR count). The molecule has 7 heteroatoms. The van der Waals surface area contributed by atoms with E-state index in [0.29, 0.717) is 12.0 Å². The van der Waals surface area contributed by atoms with Crippen LogP contribution in [-0.4, -0.2) is 46.9 Å². The Morgan fingerprint density at radius 2 is 1.93 bits per heavy atom. The second kappa shape index (κ2) is 9.87. The summed E-state index contributed by atoms with van der Waals surface area (Å²) in [6.07, 6.45) is 5.61. The van der Waals surface area contributed by atoms with E-state index >= 15 is 0 Å². The smallest absolute Gasteiger partial charge is 0.293 e. The zero-order valence-electron chi connectivity index (χ0n) is 16.1. The highest BCUT2D eigenvalue weighted by Crippen LogP contribution is 2.10. The van der Waals surface area contributed by atoms with Gasteiger partial charge >= 0.3 is 0 Å². The van der Waals surface area contributed by atoms with Gasteiger partial charge in [-0.2, -0.15) is 5.10 Å². The van der Waals surface area contributed by atoms with E-state index in [-0.39, 0.29) is 17.6 Å². The summed E-state index contributed by atoms with van der Waals surface area (Å²) in [6, 6.07) is 9.65. The monoisotopic (exact) mass is 372 g/mol. The standard InChI is InChI=1S/C15H18N4O.C5H10O2/c20-15(18-13-6-9-16-10-7-13)12-2-4-14(5-3-12)19-11-1-8-17-19;1-5(2,3)7-4-6/h1-5,8,11,13,16H,6-7,9-10H2,(H,18,20);4H,1-3H3. The first kappa shape index (κ1) is 20.6. The minimum Gasteiger partial charge on any atom is -0.462 e. The van der Waals surface area contributed by atoms with Gasteiger partial charge in [0, 0.05) is 24.0 Å². The Morgan fingerprint density at radius 3 is 2.41 bits per heavy atom. The Hall–Kier alpha value is -2.67. The summed E-state index contributed by atoms with van der Waals surface area (Å²) < 4.78 is 6.32. The molecule has 7 nitrogen and oxygen atoms in total. The number of hydrogen-bond acceptors (Lipinski definition) is 5. The molecule has 0 atom stereocenters. The predicted octanol–water partition coefficient (Wildman–Crippen LogP) is 2.31. The minimum absolute atomic E-state index is 0.00363. The molecule has 1 aromatic heterocycles. The van der Waals surface area contributed by atoms with Gasteiger partial charge in [0.15, 0.2) is 0 Å². The molecule has 0 aliphatic carbocycles. The maximum Gasteiger partial charge on any atom is 0.293 e. The van der Waals surface area contributed by atoms with E-state index in [0.717, 1.165) is 31.6 Å². The third-order valence-corrected chi connectivity index (χ3v) is 3.97. The molecule has 2 heterocycles. The van der Waals surface area contributed by atoms with Crippen molar-refractivity contribution in [2.75, 3.05) is 13.1 Å². The number of amides is 1. The number of rotatable bonds is 4. The van der Waals surface area contributed by atoms with Crippen molar-refractivity contribution in [3.05, 3.63) is 48.3 Å². The van der Waals surface area contributed by atoms with Gasteiger partial charge in [0.2, 0.25) is 0 Å². The second-order valence-electron chi connectivity index (χ2n) is 7.32. The van der Waals surface area contributed by atoms with Gasteiger partial charge in [-0.3, -0.25) is 9.59 Å². The third kappa shape index (κ3) is 7.22. The van der Waals surface area contributed by atoms with Crippen LogP contribution < -0.4 is 10.6 Å². The van der Waals surface area contributed by atoms with Crippen LogP contribution in [0.5, 0.6) is 0 Å². The molecular formula is C20H28N4O3. The van der Waals surface area contributed by atoms with E-state index in [1.165, 1.54) is 0 Å². The summed E-state index contributed by atoms with van der Waals surface area (Å²) in [5.41, 5.74) is 1.33. The van der Waals surface area contributed by atoms with Gasteiger partial charge in [0.1, 0.15) is 5.60 Å². The Labute approximate surface area is 160 Å². The van der Waals surface area contributed by atoms with Crippen LogP contribution in [0.3, 0.4) is 0 Å². The lowest BCUT2D eigenvalue weighted by Gasteiger charge is -2.23. The highest BCUT2D eigenvalue weighted by molar-refractivity contribution is 5.94. The number of benzene rings is 1. The zero-order valence-corrected chi connectivity index (χ0v) is 16.1. The average molecular weight is 372 g/mol. The van der Waals surface area contributed by atoms with E-state index in [9.17, 15) is 9.59 Å². The van der Waals surface area contributed by atoms with E-state index < -0.39 is 0 Å². The molecule has 1 aromatic carbocycles. The van der Waals surface area contributed by atoms with Crippen molar-refractivity contribution < 1.29 is 14.3 Å². The fourth-order valence-electron chi connectivity index (χ4n) is 2.57. The SMILES string of the molecule is CC(C)(C)OC=O.O=C(NC1CCNCC1)c1ccc(-n2cccn2)cc1. The summed E-state index contributed by atoms with van der Waals surface area (Å²) in [6.45, 7) is 7.87. The predicted molar refractivity (Wildman–Crippen MR) is 104 cm³/mol. The van der Waals surface area contributed by atoms with Crippen LogP contribution in [0.25, 0.3) is 5.69 Å². The fourth-order valence-corrected chi connectivity index (χ4v) is 2.57. The molecule has 0 spiro atoms. The number of ether oxygens (including phenoxy) is 1. The zero-order chi connectivity index (χ0) is 19.7. The van der Waals surface area contributed by atoms with Gasteiger partial charge in [-0.25, -0.2) is 4.68 Å². The highest BCUT2D eigenvalue weighted by atomic mass is 16.5. The van der Waals surface area contributed by atoms with Crippen LogP contribution in [0.1, 0.15) is 44.0 Å². The van der Waals surface area contributed by atoms with Crippen molar-refractivity contribution in [1.82, 2.24) is 20.4 Å². The van der Waals surface area contributed by atoms with Crippen LogP contribution in [0.4, 0.5) is 0 Å². The molecule has 0 unspecified atom stereocenters. The molecule has 0 saturated carbocycles. The normalized spacial score (nSPS) is 14.6. The number of hydrogen-bond donors (Lipinski definition) is 2. The van der Waals surface area contributed by atoms with Gasteiger partial charge in [0.25, 0.3) is 12.4 Å². The topological polar surface area (TPSA) is 85.3 Å². The van der Waals surface area contributed by atoms with Gasteiger partial charge in [-0.15, -0.1) is 0 Å². The maximum absolute atomic E-state index is 12.2. The lowest BCUT2D eigenvalue weighted by molar-refractivity contribution is -0.138. The molecule has 1 aliphatic heterocycles. The van der Waals surface area contributed by atoms with Crippen molar-refractivity contribution in [1.29, 1.82) is 0 Å². The summed E-state index contributed by atoms with van der Waals surface area (Å²) in [4.78, 5) is 21.8. The maximum atomic E-state index is 12.2. The van der Waals surface area contributed by atoms with Crippen molar-refractivity contribution >= 4 is 12.4 Å². The van der Waals surface area contributed by atoms with Gasteiger partial charge < -0.3 is 15.4 Å². The summed E-state index contributed by atoms with van der Waals surface area (Å²) in [5, 5.41) is 10.5. The molecule has 2 N–H and O–H groups in total. The van der Waals surface area contributed by atoms with E-state index in [1.54, 1.807) is 10.9 Å². The van der Waals surface area contributed by atoms with E-state index in [4.69, 9.17) is 0 Å². The number of nitrogens with one attached hydrogen (secondary N) is 2. The summed E-state index contributed by atoms with van der Waals surface area (Å²) >= 11 is 0. The summed E-state index contributed by atoms with van der Waals surface area (Å²) in [7, 11) is 0. The molecular weight excluding hydrogens is 344 g/mol. The molecule has 0 radical (unpaired) electrons. The Kier molecular flexibility index (Phi) is 7.55. The number of piperidine rings is 1. The van der Waals surface area contributed by atoms with Crippen molar-refractivity contribution in [3.8, 4) is 5.69 Å². The molecule has 27 heavy (non-hydrogen) atoms. The number of carbonyl (C=O) groups is 2. The average Bonchev–Trinajstić information content (AvgIpc) is 3.17. The largest absolute Gasteiger partial charge is 0.462 e. The highest BCUT2D eigenvalue weighted by Gasteiger charge is 2.16. The molecule has 2 aromatic rings. The Balaban J connectivity index is 0.000000321. The van der Waals surface area contributed by atoms with Gasteiger partial charge in [0.05, 0.1) is 5.69 Å². The minimum atomic E-state index is -0.318. The first-order chi connectivity index (χ1) is 12.9. The molecule has 1 amide bonds. The second-order valence-corrected chi connectivity index (χ2v) is 7.32. The third-order valence-electron chi connectivity index (χ3n) is 3.97. The van der Waals surface area contributed by atoms with Gasteiger partial charge in [-0.1, -0.05) is 0 Å². The van der Waals surface area contributed by atoms with Crippen LogP contribution in [0.2, 0.25) is 0 Å². The molecule has 146 valence electrons. The van der Waals surface area contributed by atoms with Crippen LogP contribution in [0, 0.1) is 0 Å². The molecule has 1 aliphatic rings. The summed E-state index contributed by atoms with van der Waals surface area (Å²) in [5.74, 6) is 0.00363. The van der Waals surface area contributed by atoms with Crippen molar-refractivity contribution in [3.63, 3.8) is 0 Å². The van der Waals surface area contributed by atoms with Gasteiger partial charge in [-0.05, 0) is 77.0 Å². The fraction of sp³-hybridized carbons (Fsp3) is 0.450.